The molecule has 0 saturated carbocycles. The van der Waals surface area contributed by atoms with Crippen LogP contribution >= 0.6 is 0 Å². The van der Waals surface area contributed by atoms with E-state index < -0.39 is 0 Å². The van der Waals surface area contributed by atoms with Crippen LogP contribution in [0.1, 0.15) is 37.8 Å². The summed E-state index contributed by atoms with van der Waals surface area (Å²) in [6.45, 7) is 5.53. The molecule has 2 N–H and O–H groups in total. The molecule has 1 fully saturated rings. The van der Waals surface area contributed by atoms with Crippen molar-refractivity contribution in [1.82, 2.24) is 14.7 Å². The Morgan fingerprint density at radius 2 is 2.40 bits per heavy atom. The predicted molar refractivity (Wildman–Crippen MR) is 77.4 cm³/mol. The summed E-state index contributed by atoms with van der Waals surface area (Å²) in [5.41, 5.74) is 7.24. The Hall–Kier alpha value is -1.56. The van der Waals surface area contributed by atoms with Crippen LogP contribution in [0.4, 0.5) is 0 Å². The van der Waals surface area contributed by atoms with Gasteiger partial charge < -0.3 is 15.4 Å². The summed E-state index contributed by atoms with van der Waals surface area (Å²) in [6.07, 6.45) is 7.70. The van der Waals surface area contributed by atoms with Gasteiger partial charge in [0.2, 0.25) is 0 Å². The third-order valence-electron chi connectivity index (χ3n) is 4.01. The summed E-state index contributed by atoms with van der Waals surface area (Å²) >= 11 is 0. The summed E-state index contributed by atoms with van der Waals surface area (Å²) < 4.78 is 7.71. The molecule has 2 aliphatic heterocycles. The van der Waals surface area contributed by atoms with Crippen molar-refractivity contribution in [2.24, 2.45) is 10.7 Å². The highest BCUT2D eigenvalue weighted by molar-refractivity contribution is 5.80. The molecule has 0 radical (unpaired) electrons. The molecule has 20 heavy (non-hydrogen) atoms. The summed E-state index contributed by atoms with van der Waals surface area (Å²) in [5.74, 6) is 0.633. The van der Waals surface area contributed by atoms with Gasteiger partial charge >= 0.3 is 0 Å². The number of guanidine groups is 1. The highest BCUT2D eigenvalue weighted by Crippen LogP contribution is 2.27. The zero-order chi connectivity index (χ0) is 13.9. The number of nitrogens with zero attached hydrogens (tertiary/aromatic N) is 4. The largest absolute Gasteiger partial charge is 0.376 e. The first-order valence-electron chi connectivity index (χ1n) is 7.48. The van der Waals surface area contributed by atoms with E-state index in [-0.39, 0.29) is 12.1 Å². The fraction of sp³-hybridized carbons (Fsp3) is 0.714. The van der Waals surface area contributed by atoms with Gasteiger partial charge in [0.05, 0.1) is 24.9 Å². The van der Waals surface area contributed by atoms with Gasteiger partial charge in [-0.2, -0.15) is 5.10 Å². The third kappa shape index (κ3) is 2.65. The Bertz CT molecular complexity index is 478. The first-order chi connectivity index (χ1) is 9.78. The van der Waals surface area contributed by atoms with Gasteiger partial charge in [0.25, 0.3) is 0 Å². The monoisotopic (exact) mass is 277 g/mol. The smallest absolute Gasteiger partial charge is 0.192 e. The van der Waals surface area contributed by atoms with Crippen molar-refractivity contribution in [2.75, 3.05) is 19.7 Å². The molecule has 6 heteroatoms. The number of nitrogens with two attached hydrogens (primary N) is 1. The van der Waals surface area contributed by atoms with Crippen molar-refractivity contribution in [2.45, 2.75) is 44.9 Å². The first kappa shape index (κ1) is 13.4. The fourth-order valence-electron chi connectivity index (χ4n) is 2.95. The van der Waals surface area contributed by atoms with Crippen LogP contribution in [-0.2, 0) is 11.3 Å². The molecule has 110 valence electrons. The molecule has 3 heterocycles. The lowest BCUT2D eigenvalue weighted by atomic mass is 10.1. The zero-order valence-corrected chi connectivity index (χ0v) is 12.0. The van der Waals surface area contributed by atoms with Crippen molar-refractivity contribution >= 4 is 5.96 Å². The van der Waals surface area contributed by atoms with Crippen molar-refractivity contribution in [3.05, 3.63) is 18.0 Å². The second-order valence-corrected chi connectivity index (χ2v) is 5.54. The highest BCUT2D eigenvalue weighted by Gasteiger charge is 2.31. The Morgan fingerprint density at radius 1 is 1.50 bits per heavy atom. The van der Waals surface area contributed by atoms with Crippen molar-refractivity contribution in [1.29, 1.82) is 0 Å². The van der Waals surface area contributed by atoms with Gasteiger partial charge in [0.1, 0.15) is 0 Å². The van der Waals surface area contributed by atoms with Crippen molar-refractivity contribution < 1.29 is 4.74 Å². The molecule has 2 aliphatic rings. The predicted octanol–water partition coefficient (Wildman–Crippen LogP) is 1.14. The average molecular weight is 277 g/mol. The number of aliphatic imine (C=N–C) groups is 1. The summed E-state index contributed by atoms with van der Waals surface area (Å²) in [7, 11) is 0. The summed E-state index contributed by atoms with van der Waals surface area (Å²) in [4.78, 5) is 6.57. The van der Waals surface area contributed by atoms with Crippen LogP contribution in [0.2, 0.25) is 0 Å². The number of aromatic nitrogens is 2. The van der Waals surface area contributed by atoms with Crippen LogP contribution in [0.5, 0.6) is 0 Å². The molecule has 0 aromatic carbocycles. The lowest BCUT2D eigenvalue weighted by Gasteiger charge is -2.27. The minimum Gasteiger partial charge on any atom is -0.376 e. The molecule has 0 amide bonds. The SMILES string of the molecule is CCCn1cc(C2CN=C(N)N2CC2CCCO2)cn1. The van der Waals surface area contributed by atoms with Crippen LogP contribution < -0.4 is 5.73 Å². The van der Waals surface area contributed by atoms with Crippen LogP contribution in [0.3, 0.4) is 0 Å². The highest BCUT2D eigenvalue weighted by atomic mass is 16.5. The van der Waals surface area contributed by atoms with Gasteiger partial charge in [-0.25, -0.2) is 0 Å². The molecule has 0 bridgehead atoms. The quantitative estimate of drug-likeness (QED) is 0.876. The van der Waals surface area contributed by atoms with Gasteiger partial charge in [-0.1, -0.05) is 6.92 Å². The van der Waals surface area contributed by atoms with Gasteiger partial charge in [0, 0.05) is 31.5 Å². The van der Waals surface area contributed by atoms with Gasteiger partial charge in [-0.3, -0.25) is 9.67 Å². The van der Waals surface area contributed by atoms with E-state index in [0.29, 0.717) is 5.96 Å². The molecule has 0 aliphatic carbocycles. The minimum absolute atomic E-state index is 0.213. The van der Waals surface area contributed by atoms with E-state index in [1.807, 2.05) is 10.9 Å². The Morgan fingerprint density at radius 3 is 3.15 bits per heavy atom. The Balaban J connectivity index is 1.70. The van der Waals surface area contributed by atoms with Crippen LogP contribution in [0.25, 0.3) is 0 Å². The fourth-order valence-corrected chi connectivity index (χ4v) is 2.95. The van der Waals surface area contributed by atoms with Gasteiger partial charge in [-0.15, -0.1) is 0 Å². The molecule has 3 rings (SSSR count). The summed E-state index contributed by atoms with van der Waals surface area (Å²) in [5, 5.41) is 4.41. The Kier molecular flexibility index (Phi) is 3.91. The number of aryl methyl sites for hydroxylation is 1. The number of hydrogen-bond acceptors (Lipinski definition) is 5. The van der Waals surface area contributed by atoms with E-state index in [1.165, 1.54) is 5.56 Å². The molecular formula is C14H23N5O. The van der Waals surface area contributed by atoms with E-state index in [0.717, 1.165) is 45.5 Å². The lowest BCUT2D eigenvalue weighted by molar-refractivity contribution is 0.0853. The Labute approximate surface area is 119 Å². The van der Waals surface area contributed by atoms with Gasteiger partial charge in [0.15, 0.2) is 5.96 Å². The lowest BCUT2D eigenvalue weighted by Crippen LogP contribution is -2.40. The standard InChI is InChI=1S/C14H23N5O/c1-2-5-18-9-11(7-17-18)13-8-16-14(15)19(13)10-12-4-3-6-20-12/h7,9,12-13H,2-6,8,10H2,1H3,(H2,15,16). The topological polar surface area (TPSA) is 68.7 Å². The van der Waals surface area contributed by atoms with E-state index in [4.69, 9.17) is 10.5 Å². The van der Waals surface area contributed by atoms with E-state index >= 15 is 0 Å². The first-order valence-corrected chi connectivity index (χ1v) is 7.48. The number of ether oxygens (including phenoxy) is 1. The van der Waals surface area contributed by atoms with Crippen molar-refractivity contribution in [3.63, 3.8) is 0 Å². The van der Waals surface area contributed by atoms with Gasteiger partial charge in [-0.05, 0) is 19.3 Å². The molecule has 0 spiro atoms. The second kappa shape index (κ2) is 5.83. The molecule has 1 aromatic rings. The molecule has 1 aromatic heterocycles. The average Bonchev–Trinajstić information content (AvgIpc) is 3.14. The van der Waals surface area contributed by atoms with E-state index in [2.05, 4.69) is 28.1 Å². The van der Waals surface area contributed by atoms with Crippen molar-refractivity contribution in [3.8, 4) is 0 Å². The maximum Gasteiger partial charge on any atom is 0.192 e. The molecule has 6 nitrogen and oxygen atoms in total. The van der Waals surface area contributed by atoms with E-state index in [9.17, 15) is 0 Å². The maximum atomic E-state index is 6.04. The van der Waals surface area contributed by atoms with Crippen LogP contribution in [0, 0.1) is 0 Å². The van der Waals surface area contributed by atoms with Crippen LogP contribution in [0.15, 0.2) is 17.4 Å². The summed E-state index contributed by atoms with van der Waals surface area (Å²) in [6, 6.07) is 0.213. The molecule has 1 saturated heterocycles. The maximum absolute atomic E-state index is 6.04. The molecule has 2 atom stereocenters. The van der Waals surface area contributed by atoms with Crippen LogP contribution in [-0.4, -0.2) is 46.4 Å². The minimum atomic E-state index is 0.213. The normalized spacial score (nSPS) is 26.2. The molecule has 2 unspecified atom stereocenters. The van der Waals surface area contributed by atoms with E-state index in [1.54, 1.807) is 0 Å². The molecular weight excluding hydrogens is 254 g/mol. The zero-order valence-electron chi connectivity index (χ0n) is 12.0. The third-order valence-corrected chi connectivity index (χ3v) is 4.01. The second-order valence-electron chi connectivity index (χ2n) is 5.54. The number of hydrogen-bond donors (Lipinski definition) is 1. The number of rotatable bonds is 5.